The summed E-state index contributed by atoms with van der Waals surface area (Å²) in [5, 5.41) is 9.44. The highest BCUT2D eigenvalue weighted by Gasteiger charge is 2.20. The monoisotopic (exact) mass is 625 g/mol. The Balaban J connectivity index is 1.22. The number of hydrogen-bond donors (Lipinski definition) is 0. The first-order valence-corrected chi connectivity index (χ1v) is 16.5. The third-order valence-corrected chi connectivity index (χ3v) is 9.55. The van der Waals surface area contributed by atoms with Gasteiger partial charge in [0.1, 0.15) is 11.2 Å². The maximum absolute atomic E-state index is 6.25. The van der Waals surface area contributed by atoms with Crippen LogP contribution in [-0.4, -0.2) is 15.0 Å². The van der Waals surface area contributed by atoms with Crippen molar-refractivity contribution < 1.29 is 4.42 Å². The van der Waals surface area contributed by atoms with E-state index in [0.717, 1.165) is 49.8 Å². The van der Waals surface area contributed by atoms with E-state index in [0.29, 0.717) is 17.5 Å². The van der Waals surface area contributed by atoms with Gasteiger partial charge in [-0.25, -0.2) is 15.0 Å². The molecule has 0 N–H and O–H groups in total. The molecule has 4 nitrogen and oxygen atoms in total. The summed E-state index contributed by atoms with van der Waals surface area (Å²) >= 11 is 0. The van der Waals surface area contributed by atoms with E-state index in [9.17, 15) is 0 Å². The first-order valence-electron chi connectivity index (χ1n) is 16.5. The van der Waals surface area contributed by atoms with Gasteiger partial charge >= 0.3 is 0 Å². The van der Waals surface area contributed by atoms with Crippen LogP contribution in [0.5, 0.6) is 0 Å². The van der Waals surface area contributed by atoms with Crippen LogP contribution in [0.25, 0.3) is 99.5 Å². The zero-order valence-corrected chi connectivity index (χ0v) is 26.3. The lowest BCUT2D eigenvalue weighted by Crippen LogP contribution is -2.01. The molecular weight excluding hydrogens is 599 g/mol. The van der Waals surface area contributed by atoms with E-state index >= 15 is 0 Å². The van der Waals surface area contributed by atoms with E-state index < -0.39 is 0 Å². The quantitative estimate of drug-likeness (QED) is 0.183. The normalized spacial score (nSPS) is 11.7. The Bertz CT molecular complexity index is 2890. The minimum absolute atomic E-state index is 0.603. The number of hydrogen-bond acceptors (Lipinski definition) is 4. The van der Waals surface area contributed by atoms with Gasteiger partial charge in [0.05, 0.1) is 0 Å². The zero-order valence-electron chi connectivity index (χ0n) is 26.3. The van der Waals surface area contributed by atoms with Crippen molar-refractivity contribution in [2.24, 2.45) is 0 Å². The Morgan fingerprint density at radius 3 is 1.76 bits per heavy atom. The van der Waals surface area contributed by atoms with E-state index in [-0.39, 0.29) is 0 Å². The second kappa shape index (κ2) is 11.0. The molecule has 0 radical (unpaired) electrons. The lowest BCUT2D eigenvalue weighted by Gasteiger charge is -2.15. The topological polar surface area (TPSA) is 51.8 Å². The second-order valence-corrected chi connectivity index (χ2v) is 12.3. The number of para-hydroxylation sites is 1. The van der Waals surface area contributed by atoms with Crippen molar-refractivity contribution >= 4 is 54.3 Å². The third kappa shape index (κ3) is 4.42. The van der Waals surface area contributed by atoms with Gasteiger partial charge in [0.25, 0.3) is 0 Å². The summed E-state index contributed by atoms with van der Waals surface area (Å²) in [5.74, 6) is 1.84. The first kappa shape index (κ1) is 27.5. The molecule has 0 aliphatic rings. The minimum atomic E-state index is 0.603. The number of furan rings is 1. The lowest BCUT2D eigenvalue weighted by molar-refractivity contribution is 0.669. The SMILES string of the molecule is c1ccc(-c2nc(-c3ccccc3-c3cccc4c3ccc3c5ccccc5ccc43)nc(-c3cccc4oc5ccccc5c34)n2)cc1. The molecule has 0 spiro atoms. The summed E-state index contributed by atoms with van der Waals surface area (Å²) in [6.45, 7) is 0. The number of rotatable bonds is 4. The third-order valence-electron chi connectivity index (χ3n) is 9.55. The standard InChI is InChI=1S/C45H27N3O/c1-2-13-29(14-3-1)43-46-44(48-45(47-43)39-21-11-23-41-42(39)38-18-8-9-22-40(38)49-41)37-17-7-6-16-33(37)31-19-10-20-32-35-25-24-28-12-4-5-15-30(28)34(35)26-27-36(31)32/h1-27H. The number of nitrogens with zero attached hydrogens (tertiary/aromatic N) is 3. The Hall–Kier alpha value is -6.65. The van der Waals surface area contributed by atoms with Crippen molar-refractivity contribution in [2.45, 2.75) is 0 Å². The Morgan fingerprint density at radius 1 is 0.306 bits per heavy atom. The van der Waals surface area contributed by atoms with E-state index in [1.807, 2.05) is 60.7 Å². The average Bonchev–Trinajstić information content (AvgIpc) is 3.56. The molecule has 10 rings (SSSR count). The fraction of sp³-hybridized carbons (Fsp3) is 0. The molecule has 0 atom stereocenters. The largest absolute Gasteiger partial charge is 0.456 e. The molecule has 0 saturated heterocycles. The molecule has 228 valence electrons. The average molecular weight is 626 g/mol. The number of benzene rings is 8. The molecule has 0 aliphatic heterocycles. The van der Waals surface area contributed by atoms with Crippen LogP contribution < -0.4 is 0 Å². The van der Waals surface area contributed by atoms with Crippen LogP contribution in [0.1, 0.15) is 0 Å². The van der Waals surface area contributed by atoms with Crippen LogP contribution >= 0.6 is 0 Å². The van der Waals surface area contributed by atoms with E-state index in [1.54, 1.807) is 0 Å². The smallest absolute Gasteiger partial charge is 0.164 e. The molecule has 2 heterocycles. The fourth-order valence-electron chi connectivity index (χ4n) is 7.30. The van der Waals surface area contributed by atoms with Crippen molar-refractivity contribution in [3.05, 3.63) is 164 Å². The van der Waals surface area contributed by atoms with Crippen molar-refractivity contribution in [3.8, 4) is 45.3 Å². The number of fused-ring (bicyclic) bond motifs is 8. The number of aromatic nitrogens is 3. The Kier molecular flexibility index (Phi) is 6.15. The molecule has 0 amide bonds. The summed E-state index contributed by atoms with van der Waals surface area (Å²) in [5.41, 5.74) is 6.62. The van der Waals surface area contributed by atoms with Crippen LogP contribution in [0, 0.1) is 0 Å². The van der Waals surface area contributed by atoms with Gasteiger partial charge in [0, 0.05) is 27.5 Å². The van der Waals surface area contributed by atoms with Gasteiger partial charge in [-0.15, -0.1) is 0 Å². The van der Waals surface area contributed by atoms with Crippen LogP contribution in [-0.2, 0) is 0 Å². The Labute approximate surface area is 282 Å². The van der Waals surface area contributed by atoms with Gasteiger partial charge in [-0.1, -0.05) is 152 Å². The highest BCUT2D eigenvalue weighted by molar-refractivity contribution is 6.19. The van der Waals surface area contributed by atoms with Gasteiger partial charge in [-0.2, -0.15) is 0 Å². The van der Waals surface area contributed by atoms with Gasteiger partial charge in [-0.3, -0.25) is 0 Å². The van der Waals surface area contributed by atoms with E-state index in [4.69, 9.17) is 19.4 Å². The molecule has 2 aromatic heterocycles. The lowest BCUT2D eigenvalue weighted by atomic mass is 9.91. The van der Waals surface area contributed by atoms with Gasteiger partial charge < -0.3 is 4.42 Å². The summed E-state index contributed by atoms with van der Waals surface area (Å²) in [4.78, 5) is 15.4. The van der Waals surface area contributed by atoms with Crippen molar-refractivity contribution in [3.63, 3.8) is 0 Å². The maximum Gasteiger partial charge on any atom is 0.164 e. The predicted molar refractivity (Wildman–Crippen MR) is 201 cm³/mol. The molecule has 49 heavy (non-hydrogen) atoms. The van der Waals surface area contributed by atoms with Crippen LogP contribution in [0.4, 0.5) is 0 Å². The highest BCUT2D eigenvalue weighted by Crippen LogP contribution is 2.40. The molecule has 4 heteroatoms. The van der Waals surface area contributed by atoms with Gasteiger partial charge in [-0.05, 0) is 55.6 Å². The predicted octanol–water partition coefficient (Wildman–Crippen LogP) is 11.9. The summed E-state index contributed by atoms with van der Waals surface area (Å²) in [6.07, 6.45) is 0. The van der Waals surface area contributed by atoms with Crippen molar-refractivity contribution in [1.29, 1.82) is 0 Å². The van der Waals surface area contributed by atoms with Crippen LogP contribution in [0.3, 0.4) is 0 Å². The first-order chi connectivity index (χ1) is 24.3. The van der Waals surface area contributed by atoms with Crippen molar-refractivity contribution in [1.82, 2.24) is 15.0 Å². The highest BCUT2D eigenvalue weighted by atomic mass is 16.3. The summed E-state index contributed by atoms with van der Waals surface area (Å²) < 4.78 is 6.25. The zero-order chi connectivity index (χ0) is 32.3. The van der Waals surface area contributed by atoms with Gasteiger partial charge in [0.15, 0.2) is 17.5 Å². The molecular formula is C45H27N3O. The molecule has 0 fully saturated rings. The molecule has 0 aliphatic carbocycles. The Morgan fingerprint density at radius 2 is 0.857 bits per heavy atom. The minimum Gasteiger partial charge on any atom is -0.456 e. The second-order valence-electron chi connectivity index (χ2n) is 12.3. The fourth-order valence-corrected chi connectivity index (χ4v) is 7.30. The van der Waals surface area contributed by atoms with Gasteiger partial charge in [0.2, 0.25) is 0 Å². The molecule has 8 aromatic carbocycles. The molecule has 10 aromatic rings. The summed E-state index contributed by atoms with van der Waals surface area (Å²) in [6, 6.07) is 56.9. The molecule has 0 bridgehead atoms. The maximum atomic E-state index is 6.25. The van der Waals surface area contributed by atoms with E-state index in [1.165, 1.54) is 32.3 Å². The van der Waals surface area contributed by atoms with Crippen molar-refractivity contribution in [2.75, 3.05) is 0 Å². The van der Waals surface area contributed by atoms with Crippen LogP contribution in [0.2, 0.25) is 0 Å². The molecule has 0 unspecified atom stereocenters. The summed E-state index contributed by atoms with van der Waals surface area (Å²) in [7, 11) is 0. The van der Waals surface area contributed by atoms with Crippen LogP contribution in [0.15, 0.2) is 168 Å². The molecule has 0 saturated carbocycles. The van der Waals surface area contributed by atoms with E-state index in [2.05, 4.69) is 103 Å².